The molecule has 0 aromatic heterocycles. The van der Waals surface area contributed by atoms with Gasteiger partial charge in [-0.25, -0.2) is 0 Å². The van der Waals surface area contributed by atoms with Crippen LogP contribution in [0.3, 0.4) is 0 Å². The number of halogens is 1. The summed E-state index contributed by atoms with van der Waals surface area (Å²) in [6.07, 6.45) is 10.5. The molecule has 2 heteroatoms. The van der Waals surface area contributed by atoms with Crippen LogP contribution >= 0.6 is 15.9 Å². The van der Waals surface area contributed by atoms with Crippen LogP contribution in [0.2, 0.25) is 0 Å². The van der Waals surface area contributed by atoms with Gasteiger partial charge in [0, 0.05) is 11.9 Å². The van der Waals surface area contributed by atoms with Crippen molar-refractivity contribution in [3.05, 3.63) is 0 Å². The van der Waals surface area contributed by atoms with Crippen LogP contribution in [-0.4, -0.2) is 17.5 Å². The fourth-order valence-corrected chi connectivity index (χ4v) is 3.83. The monoisotopic (exact) mass is 318 g/mol. The average molecular weight is 319 g/mol. The first-order valence-corrected chi connectivity index (χ1v) is 8.97. The summed E-state index contributed by atoms with van der Waals surface area (Å²) in [5.41, 5.74) is 0.145. The van der Waals surface area contributed by atoms with Gasteiger partial charge in [-0.15, -0.1) is 0 Å². The van der Waals surface area contributed by atoms with Gasteiger partial charge in [0.2, 0.25) is 0 Å². The lowest BCUT2D eigenvalue weighted by atomic mass is 9.78. The molecule has 0 aromatic carbocycles. The highest BCUT2D eigenvalue weighted by atomic mass is 79.9. The van der Waals surface area contributed by atoms with Crippen LogP contribution in [0.25, 0.3) is 0 Å². The summed E-state index contributed by atoms with van der Waals surface area (Å²) in [4.78, 5) is 0. The zero-order valence-electron chi connectivity index (χ0n) is 12.5. The van der Waals surface area contributed by atoms with E-state index in [1.165, 1.54) is 51.4 Å². The lowest BCUT2D eigenvalue weighted by Gasteiger charge is -2.39. The van der Waals surface area contributed by atoms with Gasteiger partial charge in [-0.2, -0.15) is 0 Å². The molecule has 0 heterocycles. The summed E-state index contributed by atoms with van der Waals surface area (Å²) in [7, 11) is 0. The van der Waals surface area contributed by atoms with Crippen LogP contribution in [0.1, 0.15) is 72.1 Å². The zero-order valence-corrected chi connectivity index (χ0v) is 14.1. The number of rotatable bonds is 8. The lowest BCUT2D eigenvalue weighted by molar-refractivity contribution is -0.0729. The third kappa shape index (κ3) is 5.21. The second-order valence-corrected chi connectivity index (χ2v) is 6.81. The summed E-state index contributed by atoms with van der Waals surface area (Å²) in [6.45, 7) is 7.81. The molecule has 0 aromatic rings. The van der Waals surface area contributed by atoms with Gasteiger partial charge in [-0.05, 0) is 43.9 Å². The Morgan fingerprint density at radius 2 is 1.89 bits per heavy atom. The molecule has 0 amide bonds. The Hall–Kier alpha value is 0.440. The molecule has 1 rings (SSSR count). The Balaban J connectivity index is 2.35. The predicted octanol–water partition coefficient (Wildman–Crippen LogP) is 5.56. The summed E-state index contributed by atoms with van der Waals surface area (Å²) in [6, 6.07) is 0. The maximum atomic E-state index is 6.31. The highest BCUT2D eigenvalue weighted by molar-refractivity contribution is 9.09. The maximum absolute atomic E-state index is 6.31. The minimum Gasteiger partial charge on any atom is -0.374 e. The van der Waals surface area contributed by atoms with Crippen molar-refractivity contribution >= 4 is 15.9 Å². The third-order valence-corrected chi connectivity index (χ3v) is 5.43. The van der Waals surface area contributed by atoms with Crippen LogP contribution in [0, 0.1) is 11.8 Å². The third-order valence-electron chi connectivity index (χ3n) is 4.41. The van der Waals surface area contributed by atoms with Crippen LogP contribution < -0.4 is 0 Å². The second-order valence-electron chi connectivity index (χ2n) is 6.25. The SMILES string of the molecule is CCCC(C)COC1(CBr)CCC(CCC)CC1. The zero-order chi connectivity index (χ0) is 13.4. The van der Waals surface area contributed by atoms with Gasteiger partial charge in [0.05, 0.1) is 5.60 Å². The largest absolute Gasteiger partial charge is 0.374 e. The van der Waals surface area contributed by atoms with E-state index in [1.54, 1.807) is 0 Å². The molecule has 1 atom stereocenters. The molecule has 1 saturated carbocycles. The van der Waals surface area contributed by atoms with Crippen molar-refractivity contribution in [2.45, 2.75) is 77.7 Å². The molecule has 1 fully saturated rings. The van der Waals surface area contributed by atoms with E-state index >= 15 is 0 Å². The molecule has 0 saturated heterocycles. The average Bonchev–Trinajstić information content (AvgIpc) is 2.39. The van der Waals surface area contributed by atoms with Crippen molar-refractivity contribution in [3.63, 3.8) is 0 Å². The van der Waals surface area contributed by atoms with E-state index in [9.17, 15) is 0 Å². The van der Waals surface area contributed by atoms with E-state index in [2.05, 4.69) is 36.7 Å². The standard InChI is InChI=1S/C16H31BrO/c1-4-6-14(3)12-18-16(13-17)10-8-15(7-5-2)9-11-16/h14-15H,4-13H2,1-3H3. The Kier molecular flexibility index (Phi) is 7.86. The van der Waals surface area contributed by atoms with Crippen LogP contribution in [0.5, 0.6) is 0 Å². The van der Waals surface area contributed by atoms with E-state index < -0.39 is 0 Å². The molecule has 0 radical (unpaired) electrons. The molecular formula is C16H31BrO. The molecule has 0 spiro atoms. The Morgan fingerprint density at radius 1 is 1.22 bits per heavy atom. The van der Waals surface area contributed by atoms with Crippen molar-refractivity contribution in [2.75, 3.05) is 11.9 Å². The highest BCUT2D eigenvalue weighted by Crippen LogP contribution is 2.38. The highest BCUT2D eigenvalue weighted by Gasteiger charge is 2.35. The maximum Gasteiger partial charge on any atom is 0.0779 e. The molecule has 1 aliphatic rings. The number of ether oxygens (including phenoxy) is 1. The van der Waals surface area contributed by atoms with Crippen molar-refractivity contribution < 1.29 is 4.74 Å². The van der Waals surface area contributed by atoms with Crippen molar-refractivity contribution in [2.24, 2.45) is 11.8 Å². The molecule has 0 N–H and O–H groups in total. The van der Waals surface area contributed by atoms with Gasteiger partial charge in [-0.1, -0.05) is 56.0 Å². The second kappa shape index (κ2) is 8.58. The summed E-state index contributed by atoms with van der Waals surface area (Å²) in [5, 5.41) is 1.01. The molecule has 0 bridgehead atoms. The molecule has 1 aliphatic carbocycles. The molecule has 108 valence electrons. The Bertz CT molecular complexity index is 209. The first kappa shape index (κ1) is 16.5. The van der Waals surface area contributed by atoms with E-state index in [0.717, 1.165) is 17.9 Å². The summed E-state index contributed by atoms with van der Waals surface area (Å²) >= 11 is 3.69. The number of hydrogen-bond acceptors (Lipinski definition) is 1. The molecule has 1 nitrogen and oxygen atoms in total. The smallest absolute Gasteiger partial charge is 0.0779 e. The van der Waals surface area contributed by atoms with Crippen molar-refractivity contribution in [3.8, 4) is 0 Å². The van der Waals surface area contributed by atoms with Gasteiger partial charge in [-0.3, -0.25) is 0 Å². The minimum absolute atomic E-state index is 0.145. The van der Waals surface area contributed by atoms with Gasteiger partial charge < -0.3 is 4.74 Å². The minimum atomic E-state index is 0.145. The molecule has 0 aliphatic heterocycles. The van der Waals surface area contributed by atoms with E-state index in [1.807, 2.05) is 0 Å². The van der Waals surface area contributed by atoms with Gasteiger partial charge in [0.1, 0.15) is 0 Å². The normalized spacial score (nSPS) is 30.3. The summed E-state index contributed by atoms with van der Waals surface area (Å²) in [5.74, 6) is 1.66. The summed E-state index contributed by atoms with van der Waals surface area (Å²) < 4.78 is 6.31. The number of hydrogen-bond donors (Lipinski definition) is 0. The predicted molar refractivity (Wildman–Crippen MR) is 83.4 cm³/mol. The van der Waals surface area contributed by atoms with E-state index in [0.29, 0.717) is 5.92 Å². The lowest BCUT2D eigenvalue weighted by Crippen LogP contribution is -2.40. The first-order chi connectivity index (χ1) is 8.65. The van der Waals surface area contributed by atoms with Crippen LogP contribution in [0.15, 0.2) is 0 Å². The Morgan fingerprint density at radius 3 is 2.39 bits per heavy atom. The van der Waals surface area contributed by atoms with Crippen molar-refractivity contribution in [1.82, 2.24) is 0 Å². The van der Waals surface area contributed by atoms with Gasteiger partial charge >= 0.3 is 0 Å². The van der Waals surface area contributed by atoms with Gasteiger partial charge in [0.15, 0.2) is 0 Å². The van der Waals surface area contributed by atoms with E-state index in [-0.39, 0.29) is 5.60 Å². The number of alkyl halides is 1. The first-order valence-electron chi connectivity index (χ1n) is 7.85. The van der Waals surface area contributed by atoms with Gasteiger partial charge in [0.25, 0.3) is 0 Å². The molecule has 18 heavy (non-hydrogen) atoms. The fourth-order valence-electron chi connectivity index (χ4n) is 3.11. The molecule has 1 unspecified atom stereocenters. The fraction of sp³-hybridized carbons (Fsp3) is 1.00. The van der Waals surface area contributed by atoms with E-state index in [4.69, 9.17) is 4.74 Å². The topological polar surface area (TPSA) is 9.23 Å². The van der Waals surface area contributed by atoms with Crippen LogP contribution in [-0.2, 0) is 4.74 Å². The van der Waals surface area contributed by atoms with Crippen LogP contribution in [0.4, 0.5) is 0 Å². The van der Waals surface area contributed by atoms with Crippen molar-refractivity contribution in [1.29, 1.82) is 0 Å². The quantitative estimate of drug-likeness (QED) is 0.532. The molecular weight excluding hydrogens is 288 g/mol. The Labute approximate surface area is 122 Å².